The highest BCUT2D eigenvalue weighted by atomic mass is 16.2. The molecule has 1 atom stereocenters. The molecule has 1 unspecified atom stereocenters. The summed E-state index contributed by atoms with van der Waals surface area (Å²) in [6.07, 6.45) is 2.09. The standard InChI is InChI=1S/C8H14N2O.C2H6/c1-10-5-3-8(7(10)11)2-4-9-6-8;1-2/h9H,2-6H2,1H3;1-2H3. The van der Waals surface area contributed by atoms with Gasteiger partial charge in [-0.2, -0.15) is 0 Å². The largest absolute Gasteiger partial charge is 0.345 e. The molecule has 1 amide bonds. The summed E-state index contributed by atoms with van der Waals surface area (Å²) >= 11 is 0. The Labute approximate surface area is 80.5 Å². The first-order valence-corrected chi connectivity index (χ1v) is 5.21. The lowest BCUT2D eigenvalue weighted by Gasteiger charge is -2.18. The summed E-state index contributed by atoms with van der Waals surface area (Å²) in [7, 11) is 1.90. The van der Waals surface area contributed by atoms with E-state index in [-0.39, 0.29) is 5.41 Å². The van der Waals surface area contributed by atoms with Gasteiger partial charge in [-0.1, -0.05) is 13.8 Å². The van der Waals surface area contributed by atoms with Crippen molar-refractivity contribution in [3.63, 3.8) is 0 Å². The van der Waals surface area contributed by atoms with Gasteiger partial charge >= 0.3 is 0 Å². The number of carbonyl (C=O) groups excluding carboxylic acids is 1. The van der Waals surface area contributed by atoms with Crippen LogP contribution in [0.3, 0.4) is 0 Å². The molecule has 2 saturated heterocycles. The Morgan fingerprint density at radius 2 is 2.08 bits per heavy atom. The van der Waals surface area contributed by atoms with Crippen molar-refractivity contribution in [1.82, 2.24) is 10.2 Å². The predicted molar refractivity (Wildman–Crippen MR) is 53.5 cm³/mol. The molecule has 0 saturated carbocycles. The summed E-state index contributed by atoms with van der Waals surface area (Å²) in [5.74, 6) is 0.350. The summed E-state index contributed by atoms with van der Waals surface area (Å²) in [4.78, 5) is 13.5. The number of hydrogen-bond donors (Lipinski definition) is 1. The maximum atomic E-state index is 11.6. The second-order valence-electron chi connectivity index (χ2n) is 3.68. The van der Waals surface area contributed by atoms with Crippen LogP contribution < -0.4 is 5.32 Å². The summed E-state index contributed by atoms with van der Waals surface area (Å²) in [6.45, 7) is 6.86. The number of rotatable bonds is 0. The number of nitrogens with one attached hydrogen (secondary N) is 1. The molecule has 13 heavy (non-hydrogen) atoms. The number of likely N-dealkylation sites (tertiary alicyclic amines) is 1. The van der Waals surface area contributed by atoms with Crippen LogP contribution in [-0.4, -0.2) is 37.5 Å². The normalized spacial score (nSPS) is 32.2. The first-order chi connectivity index (χ1) is 6.25. The lowest BCUT2D eigenvalue weighted by Crippen LogP contribution is -2.34. The Morgan fingerprint density at radius 1 is 1.38 bits per heavy atom. The van der Waals surface area contributed by atoms with Gasteiger partial charge in [-0.05, 0) is 19.4 Å². The average molecular weight is 184 g/mol. The van der Waals surface area contributed by atoms with Crippen molar-refractivity contribution in [3.8, 4) is 0 Å². The topological polar surface area (TPSA) is 32.3 Å². The molecule has 2 fully saturated rings. The summed E-state index contributed by atoms with van der Waals surface area (Å²) in [5.41, 5.74) is -0.00521. The number of carbonyl (C=O) groups is 1. The van der Waals surface area contributed by atoms with E-state index in [1.165, 1.54) is 0 Å². The van der Waals surface area contributed by atoms with Crippen molar-refractivity contribution >= 4 is 5.91 Å². The van der Waals surface area contributed by atoms with E-state index in [0.29, 0.717) is 5.91 Å². The zero-order valence-corrected chi connectivity index (χ0v) is 8.89. The van der Waals surface area contributed by atoms with E-state index >= 15 is 0 Å². The van der Waals surface area contributed by atoms with Gasteiger partial charge in [-0.3, -0.25) is 4.79 Å². The molecule has 0 radical (unpaired) electrons. The molecule has 2 heterocycles. The fourth-order valence-electron chi connectivity index (χ4n) is 2.13. The van der Waals surface area contributed by atoms with Gasteiger partial charge in [-0.15, -0.1) is 0 Å². The van der Waals surface area contributed by atoms with Crippen LogP contribution in [0.5, 0.6) is 0 Å². The van der Waals surface area contributed by atoms with Crippen molar-refractivity contribution in [3.05, 3.63) is 0 Å². The van der Waals surface area contributed by atoms with Crippen molar-refractivity contribution < 1.29 is 4.79 Å². The highest BCUT2D eigenvalue weighted by molar-refractivity contribution is 5.85. The number of amides is 1. The quantitative estimate of drug-likeness (QED) is 0.605. The summed E-state index contributed by atoms with van der Waals surface area (Å²) in [6, 6.07) is 0. The molecule has 0 aromatic rings. The lowest BCUT2D eigenvalue weighted by molar-refractivity contribution is -0.134. The van der Waals surface area contributed by atoms with Gasteiger partial charge in [0.1, 0.15) is 0 Å². The van der Waals surface area contributed by atoms with Gasteiger partial charge in [0, 0.05) is 20.1 Å². The van der Waals surface area contributed by atoms with Gasteiger partial charge in [0.15, 0.2) is 0 Å². The molecule has 0 aliphatic carbocycles. The second-order valence-corrected chi connectivity index (χ2v) is 3.68. The molecular formula is C10H20N2O. The molecule has 2 aliphatic heterocycles. The van der Waals surface area contributed by atoms with E-state index in [2.05, 4.69) is 5.32 Å². The average Bonchev–Trinajstić information content (AvgIpc) is 2.74. The van der Waals surface area contributed by atoms with Crippen LogP contribution in [-0.2, 0) is 4.79 Å². The second kappa shape index (κ2) is 4.09. The number of hydrogen-bond acceptors (Lipinski definition) is 2. The van der Waals surface area contributed by atoms with Gasteiger partial charge in [0.25, 0.3) is 0 Å². The molecule has 3 heteroatoms. The molecule has 1 spiro atoms. The molecule has 2 aliphatic rings. The van der Waals surface area contributed by atoms with Crippen LogP contribution in [0.15, 0.2) is 0 Å². The zero-order valence-electron chi connectivity index (χ0n) is 8.89. The fourth-order valence-corrected chi connectivity index (χ4v) is 2.13. The third kappa shape index (κ3) is 1.70. The SMILES string of the molecule is CC.CN1CCC2(CCNC2)C1=O. The Kier molecular flexibility index (Phi) is 3.31. The van der Waals surface area contributed by atoms with Crippen LogP contribution in [0.4, 0.5) is 0 Å². The van der Waals surface area contributed by atoms with Crippen LogP contribution in [0.25, 0.3) is 0 Å². The molecule has 0 aromatic heterocycles. The molecule has 76 valence electrons. The van der Waals surface area contributed by atoms with E-state index < -0.39 is 0 Å². The van der Waals surface area contributed by atoms with Gasteiger partial charge in [0.2, 0.25) is 5.91 Å². The van der Waals surface area contributed by atoms with Crippen molar-refractivity contribution in [2.75, 3.05) is 26.7 Å². The van der Waals surface area contributed by atoms with Crippen LogP contribution in [0, 0.1) is 5.41 Å². The molecule has 1 N–H and O–H groups in total. The monoisotopic (exact) mass is 184 g/mol. The van der Waals surface area contributed by atoms with Crippen molar-refractivity contribution in [2.45, 2.75) is 26.7 Å². The van der Waals surface area contributed by atoms with Crippen LogP contribution in [0.2, 0.25) is 0 Å². The minimum Gasteiger partial charge on any atom is -0.345 e. The van der Waals surface area contributed by atoms with Crippen molar-refractivity contribution in [1.29, 1.82) is 0 Å². The first-order valence-electron chi connectivity index (χ1n) is 5.21. The highest BCUT2D eigenvalue weighted by Gasteiger charge is 2.46. The highest BCUT2D eigenvalue weighted by Crippen LogP contribution is 2.36. The van der Waals surface area contributed by atoms with Crippen LogP contribution in [0.1, 0.15) is 26.7 Å². The Bertz CT molecular complexity index is 185. The van der Waals surface area contributed by atoms with E-state index in [0.717, 1.165) is 32.5 Å². The molecule has 2 rings (SSSR count). The maximum absolute atomic E-state index is 11.6. The molecule has 3 nitrogen and oxygen atoms in total. The van der Waals surface area contributed by atoms with E-state index in [9.17, 15) is 4.79 Å². The minimum absolute atomic E-state index is 0.00521. The van der Waals surface area contributed by atoms with Crippen LogP contribution >= 0.6 is 0 Å². The number of nitrogens with zero attached hydrogens (tertiary/aromatic N) is 1. The lowest BCUT2D eigenvalue weighted by atomic mass is 9.86. The molecule has 0 bridgehead atoms. The summed E-state index contributed by atoms with van der Waals surface area (Å²) in [5, 5.41) is 3.26. The van der Waals surface area contributed by atoms with Gasteiger partial charge in [-0.25, -0.2) is 0 Å². The first kappa shape index (κ1) is 10.5. The van der Waals surface area contributed by atoms with Gasteiger partial charge < -0.3 is 10.2 Å². The predicted octanol–water partition coefficient (Wildman–Crippen LogP) is 0.854. The van der Waals surface area contributed by atoms with Gasteiger partial charge in [0.05, 0.1) is 5.41 Å². The van der Waals surface area contributed by atoms with E-state index in [1.54, 1.807) is 0 Å². The smallest absolute Gasteiger partial charge is 0.229 e. The van der Waals surface area contributed by atoms with E-state index in [4.69, 9.17) is 0 Å². The zero-order chi connectivity index (χ0) is 9.90. The third-order valence-electron chi connectivity index (χ3n) is 2.97. The third-order valence-corrected chi connectivity index (χ3v) is 2.97. The maximum Gasteiger partial charge on any atom is 0.229 e. The van der Waals surface area contributed by atoms with Crippen molar-refractivity contribution in [2.24, 2.45) is 5.41 Å². The van der Waals surface area contributed by atoms with E-state index in [1.807, 2.05) is 25.8 Å². The minimum atomic E-state index is -0.00521. The Balaban J connectivity index is 0.000000396. The molecular weight excluding hydrogens is 164 g/mol. The molecule has 0 aromatic carbocycles. The summed E-state index contributed by atoms with van der Waals surface area (Å²) < 4.78 is 0. The Morgan fingerprint density at radius 3 is 2.46 bits per heavy atom. The fraction of sp³-hybridized carbons (Fsp3) is 0.900. The Hall–Kier alpha value is -0.570.